The van der Waals surface area contributed by atoms with Crippen molar-refractivity contribution in [3.05, 3.63) is 57.0 Å². The highest BCUT2D eigenvalue weighted by Crippen LogP contribution is 2.27. The molecule has 0 heterocycles. The first-order chi connectivity index (χ1) is 10.9. The molecule has 0 aliphatic rings. The Hall–Kier alpha value is -1.95. The minimum Gasteiger partial charge on any atom is -0.482 e. The highest BCUT2D eigenvalue weighted by Gasteiger charge is 2.11. The molecular weight excluding hydrogens is 365 g/mol. The van der Waals surface area contributed by atoms with Gasteiger partial charge in [0.15, 0.2) is 6.61 Å². The number of nitrogens with one attached hydrogen (secondary N) is 1. The van der Waals surface area contributed by atoms with Crippen LogP contribution in [0.5, 0.6) is 5.75 Å². The molecule has 0 bridgehead atoms. The predicted molar refractivity (Wildman–Crippen MR) is 89.0 cm³/mol. The van der Waals surface area contributed by atoms with Gasteiger partial charge in [0, 0.05) is 10.7 Å². The number of halogens is 3. The van der Waals surface area contributed by atoms with E-state index >= 15 is 0 Å². The van der Waals surface area contributed by atoms with Crippen LogP contribution in [0.1, 0.15) is 10.4 Å². The molecule has 0 aliphatic heterocycles. The molecule has 0 unspecified atom stereocenters. The van der Waals surface area contributed by atoms with Crippen LogP contribution in [0.3, 0.4) is 0 Å². The Balaban J connectivity index is 1.97. The molecule has 2 aromatic rings. The van der Waals surface area contributed by atoms with Gasteiger partial charge in [0.1, 0.15) is 5.75 Å². The van der Waals surface area contributed by atoms with Crippen molar-refractivity contribution >= 4 is 52.4 Å². The van der Waals surface area contributed by atoms with E-state index in [1.54, 1.807) is 12.1 Å². The average Bonchev–Trinajstić information content (AvgIpc) is 2.46. The molecule has 2 aromatic carbocycles. The number of aromatic carboxylic acids is 1. The Labute approximate surface area is 146 Å². The summed E-state index contributed by atoms with van der Waals surface area (Å²) in [7, 11) is 0. The van der Waals surface area contributed by atoms with E-state index in [0.717, 1.165) is 0 Å². The molecular formula is C15H10Cl3NO4. The molecule has 1 amide bonds. The van der Waals surface area contributed by atoms with Gasteiger partial charge < -0.3 is 15.2 Å². The number of anilines is 1. The summed E-state index contributed by atoms with van der Waals surface area (Å²) in [6, 6.07) is 8.72. The normalized spacial score (nSPS) is 10.2. The number of carbonyl (C=O) groups is 2. The molecule has 0 spiro atoms. The number of hydrogen-bond donors (Lipinski definition) is 2. The van der Waals surface area contributed by atoms with Gasteiger partial charge in [-0.15, -0.1) is 0 Å². The fraction of sp³-hybridized carbons (Fsp3) is 0.0667. The molecule has 5 nitrogen and oxygen atoms in total. The van der Waals surface area contributed by atoms with Gasteiger partial charge in [-0.1, -0.05) is 34.8 Å². The first-order valence-electron chi connectivity index (χ1n) is 6.27. The molecule has 2 N–H and O–H groups in total. The van der Waals surface area contributed by atoms with Crippen molar-refractivity contribution in [2.45, 2.75) is 0 Å². The third-order valence-corrected chi connectivity index (χ3v) is 3.58. The second-order valence-electron chi connectivity index (χ2n) is 4.41. The molecule has 0 saturated heterocycles. The van der Waals surface area contributed by atoms with Gasteiger partial charge in [0.05, 0.1) is 15.6 Å². The third-order valence-electron chi connectivity index (χ3n) is 2.74. The monoisotopic (exact) mass is 373 g/mol. The number of amides is 1. The van der Waals surface area contributed by atoms with E-state index in [-0.39, 0.29) is 17.2 Å². The van der Waals surface area contributed by atoms with Crippen molar-refractivity contribution in [3.63, 3.8) is 0 Å². The number of ether oxygens (including phenoxy) is 1. The van der Waals surface area contributed by atoms with Crippen LogP contribution in [0.25, 0.3) is 0 Å². The molecule has 0 fully saturated rings. The fourth-order valence-electron chi connectivity index (χ4n) is 1.70. The molecule has 0 aliphatic carbocycles. The average molecular weight is 375 g/mol. The van der Waals surface area contributed by atoms with E-state index in [1.165, 1.54) is 24.3 Å². The lowest BCUT2D eigenvalue weighted by Crippen LogP contribution is -2.20. The topological polar surface area (TPSA) is 75.6 Å². The second-order valence-corrected chi connectivity index (χ2v) is 5.66. The van der Waals surface area contributed by atoms with Crippen molar-refractivity contribution in [1.82, 2.24) is 0 Å². The first kappa shape index (κ1) is 17.4. The van der Waals surface area contributed by atoms with E-state index < -0.39 is 11.9 Å². The summed E-state index contributed by atoms with van der Waals surface area (Å²) in [6.45, 7) is -0.278. The summed E-state index contributed by atoms with van der Waals surface area (Å²) in [5.41, 5.74) is 0.310. The van der Waals surface area contributed by atoms with Crippen LogP contribution in [-0.4, -0.2) is 23.6 Å². The van der Waals surface area contributed by atoms with E-state index in [9.17, 15) is 9.59 Å². The lowest BCUT2D eigenvalue weighted by molar-refractivity contribution is -0.118. The standard InChI is InChI=1S/C15H10Cl3NO4/c16-8-1-4-13(12(18)5-8)23-7-14(20)19-9-2-3-10(15(21)22)11(17)6-9/h1-6H,7H2,(H,19,20)(H,21,22). The quantitative estimate of drug-likeness (QED) is 0.815. The molecule has 0 aromatic heterocycles. The largest absolute Gasteiger partial charge is 0.482 e. The smallest absolute Gasteiger partial charge is 0.337 e. The zero-order valence-electron chi connectivity index (χ0n) is 11.5. The minimum atomic E-state index is -1.14. The summed E-state index contributed by atoms with van der Waals surface area (Å²) in [5, 5.41) is 12.2. The highest BCUT2D eigenvalue weighted by atomic mass is 35.5. The van der Waals surface area contributed by atoms with E-state index in [1.807, 2.05) is 0 Å². The van der Waals surface area contributed by atoms with Crippen molar-refractivity contribution < 1.29 is 19.4 Å². The second kappa shape index (κ2) is 7.55. The summed E-state index contributed by atoms with van der Waals surface area (Å²) < 4.78 is 5.29. The van der Waals surface area contributed by atoms with Crippen LogP contribution in [0.2, 0.25) is 15.1 Å². The Morgan fingerprint density at radius 3 is 2.39 bits per heavy atom. The third kappa shape index (κ3) is 4.76. The van der Waals surface area contributed by atoms with E-state index in [0.29, 0.717) is 21.5 Å². The number of rotatable bonds is 5. The van der Waals surface area contributed by atoms with Crippen LogP contribution < -0.4 is 10.1 Å². The zero-order chi connectivity index (χ0) is 17.0. The van der Waals surface area contributed by atoms with E-state index in [2.05, 4.69) is 5.32 Å². The molecule has 8 heteroatoms. The predicted octanol–water partition coefficient (Wildman–Crippen LogP) is 4.36. The summed E-state index contributed by atoms with van der Waals surface area (Å²) in [4.78, 5) is 22.7. The number of benzene rings is 2. The van der Waals surface area contributed by atoms with Crippen molar-refractivity contribution in [2.75, 3.05) is 11.9 Å². The fourth-order valence-corrected chi connectivity index (χ4v) is 2.42. The molecule has 23 heavy (non-hydrogen) atoms. The van der Waals surface area contributed by atoms with Crippen LogP contribution >= 0.6 is 34.8 Å². The number of carboxylic acid groups (broad SMARTS) is 1. The van der Waals surface area contributed by atoms with Gasteiger partial charge in [0.25, 0.3) is 5.91 Å². The molecule has 2 rings (SSSR count). The molecule has 0 radical (unpaired) electrons. The van der Waals surface area contributed by atoms with Crippen LogP contribution in [-0.2, 0) is 4.79 Å². The maximum absolute atomic E-state index is 11.8. The van der Waals surface area contributed by atoms with Crippen LogP contribution in [0.15, 0.2) is 36.4 Å². The number of hydrogen-bond acceptors (Lipinski definition) is 3. The van der Waals surface area contributed by atoms with Gasteiger partial charge in [0.2, 0.25) is 0 Å². The first-order valence-corrected chi connectivity index (χ1v) is 7.41. The van der Waals surface area contributed by atoms with E-state index in [4.69, 9.17) is 44.6 Å². The number of carboxylic acids is 1. The van der Waals surface area contributed by atoms with Crippen LogP contribution in [0, 0.1) is 0 Å². The maximum Gasteiger partial charge on any atom is 0.337 e. The van der Waals surface area contributed by atoms with Gasteiger partial charge in [-0.05, 0) is 36.4 Å². The summed E-state index contributed by atoms with van der Waals surface area (Å²) in [6.07, 6.45) is 0. The van der Waals surface area contributed by atoms with Crippen molar-refractivity contribution in [2.24, 2.45) is 0 Å². The molecule has 0 saturated carbocycles. The minimum absolute atomic E-state index is 0.0250. The SMILES string of the molecule is O=C(COc1ccc(Cl)cc1Cl)Nc1ccc(C(=O)O)c(Cl)c1. The molecule has 0 atom stereocenters. The summed E-state index contributed by atoms with van der Waals surface area (Å²) >= 11 is 17.5. The summed E-state index contributed by atoms with van der Waals surface area (Å²) in [5.74, 6) is -1.27. The Morgan fingerprint density at radius 1 is 1.04 bits per heavy atom. The van der Waals surface area contributed by atoms with Crippen molar-refractivity contribution in [1.29, 1.82) is 0 Å². The number of carbonyl (C=O) groups excluding carboxylic acids is 1. The van der Waals surface area contributed by atoms with Crippen molar-refractivity contribution in [3.8, 4) is 5.75 Å². The van der Waals surface area contributed by atoms with Gasteiger partial charge >= 0.3 is 5.97 Å². The molecule has 120 valence electrons. The Kier molecular flexibility index (Phi) is 5.71. The Morgan fingerprint density at radius 2 is 1.78 bits per heavy atom. The van der Waals surface area contributed by atoms with Gasteiger partial charge in [-0.3, -0.25) is 4.79 Å². The lowest BCUT2D eigenvalue weighted by Gasteiger charge is -2.09. The Bertz CT molecular complexity index is 764. The van der Waals surface area contributed by atoms with Crippen LogP contribution in [0.4, 0.5) is 5.69 Å². The maximum atomic E-state index is 11.8. The zero-order valence-corrected chi connectivity index (χ0v) is 13.7. The highest BCUT2D eigenvalue weighted by molar-refractivity contribution is 6.35. The van der Waals surface area contributed by atoms with Gasteiger partial charge in [-0.25, -0.2) is 4.79 Å². The van der Waals surface area contributed by atoms with Gasteiger partial charge in [-0.2, -0.15) is 0 Å². The lowest BCUT2D eigenvalue weighted by atomic mass is 10.2.